The number of rotatable bonds is 1. The molecule has 6 rings (SSSR count). The molecule has 0 aliphatic heterocycles. The van der Waals surface area contributed by atoms with Gasteiger partial charge < -0.3 is 10.0 Å². The summed E-state index contributed by atoms with van der Waals surface area (Å²) in [6, 6.07) is 25.2. The highest BCUT2D eigenvalue weighted by Gasteiger charge is 2.52. The summed E-state index contributed by atoms with van der Waals surface area (Å²) in [4.78, 5) is 1.32. The van der Waals surface area contributed by atoms with Crippen LogP contribution in [0.4, 0.5) is 0 Å². The quantitative estimate of drug-likeness (QED) is 0.435. The Bertz CT molecular complexity index is 1230. The van der Waals surface area contributed by atoms with Gasteiger partial charge in [-0.25, -0.2) is 0 Å². The summed E-state index contributed by atoms with van der Waals surface area (Å²) in [5.41, 5.74) is 8.80. The van der Waals surface area contributed by atoms with Crippen molar-refractivity contribution >= 4 is 23.9 Å². The first-order valence-electron chi connectivity index (χ1n) is 9.01. The second-order valence-electron chi connectivity index (χ2n) is 7.18. The Labute approximate surface area is 161 Å². The number of benzene rings is 3. The highest BCUT2D eigenvalue weighted by molar-refractivity contribution is 7.11. The largest absolute Gasteiger partial charge is 0.488 e. The van der Waals surface area contributed by atoms with Gasteiger partial charge in [-0.3, -0.25) is 0 Å². The van der Waals surface area contributed by atoms with Crippen LogP contribution in [0, 0.1) is 0 Å². The number of hydrogen-bond acceptors (Lipinski definition) is 3. The van der Waals surface area contributed by atoms with Crippen LogP contribution in [-0.4, -0.2) is 17.2 Å². The van der Waals surface area contributed by atoms with Crippen molar-refractivity contribution in [2.45, 2.75) is 5.41 Å². The molecule has 27 heavy (non-hydrogen) atoms. The van der Waals surface area contributed by atoms with E-state index in [4.69, 9.17) is 0 Å². The molecular formula is C23H15BO2S. The number of hydrogen-bond donors (Lipinski definition) is 2. The summed E-state index contributed by atoms with van der Waals surface area (Å²) >= 11 is 1.78. The molecule has 2 nitrogen and oxygen atoms in total. The summed E-state index contributed by atoms with van der Waals surface area (Å²) in [6.45, 7) is 0. The molecule has 4 heteroatoms. The lowest BCUT2D eigenvalue weighted by molar-refractivity contribution is 0.425. The van der Waals surface area contributed by atoms with Gasteiger partial charge >= 0.3 is 7.12 Å². The van der Waals surface area contributed by atoms with Gasteiger partial charge in [0, 0.05) is 4.88 Å². The van der Waals surface area contributed by atoms with Crippen LogP contribution in [0.1, 0.15) is 21.6 Å². The first-order chi connectivity index (χ1) is 13.2. The van der Waals surface area contributed by atoms with E-state index < -0.39 is 7.12 Å². The van der Waals surface area contributed by atoms with Gasteiger partial charge in [-0.15, -0.1) is 11.3 Å². The molecule has 0 bridgehead atoms. The van der Waals surface area contributed by atoms with E-state index in [1.54, 1.807) is 11.3 Å². The van der Waals surface area contributed by atoms with Gasteiger partial charge in [-0.1, -0.05) is 66.7 Å². The maximum atomic E-state index is 9.81. The number of thiophene rings is 1. The van der Waals surface area contributed by atoms with E-state index >= 15 is 0 Å². The van der Waals surface area contributed by atoms with Crippen LogP contribution < -0.4 is 5.46 Å². The van der Waals surface area contributed by atoms with Crippen molar-refractivity contribution in [1.82, 2.24) is 0 Å². The molecule has 128 valence electrons. The molecule has 0 fully saturated rings. The normalized spacial score (nSPS) is 18.1. The standard InChI is InChI=1S/C23H15BO2S/c25-24(26)14-9-10-17-15-5-1-3-7-19(15)23(21(17)13-14)20-8-4-2-6-16(20)18-11-12-27-22(18)23/h1-13,25-26H. The van der Waals surface area contributed by atoms with Crippen LogP contribution in [0.15, 0.2) is 78.2 Å². The van der Waals surface area contributed by atoms with Gasteiger partial charge in [-0.05, 0) is 55.9 Å². The van der Waals surface area contributed by atoms with Crippen molar-refractivity contribution in [2.24, 2.45) is 0 Å². The summed E-state index contributed by atoms with van der Waals surface area (Å²) in [6.07, 6.45) is 0. The minimum absolute atomic E-state index is 0.378. The molecule has 1 spiro atoms. The molecular weight excluding hydrogens is 351 g/mol. The fraction of sp³-hybridized carbons (Fsp3) is 0.0435. The lowest BCUT2D eigenvalue weighted by Crippen LogP contribution is -2.32. The SMILES string of the molecule is OB(O)c1ccc2c(c1)C1(c3ccccc3-2)c2ccccc2-c2ccsc21. The monoisotopic (exact) mass is 366 g/mol. The molecule has 3 aromatic carbocycles. The first-order valence-corrected chi connectivity index (χ1v) is 9.89. The molecule has 1 atom stereocenters. The van der Waals surface area contributed by atoms with Crippen LogP contribution >= 0.6 is 11.3 Å². The topological polar surface area (TPSA) is 40.5 Å². The van der Waals surface area contributed by atoms with Gasteiger partial charge in [0.1, 0.15) is 0 Å². The van der Waals surface area contributed by atoms with Gasteiger partial charge in [0.25, 0.3) is 0 Å². The zero-order valence-corrected chi connectivity index (χ0v) is 15.2. The van der Waals surface area contributed by atoms with Crippen LogP contribution in [0.25, 0.3) is 22.3 Å². The van der Waals surface area contributed by atoms with Crippen molar-refractivity contribution in [2.75, 3.05) is 0 Å². The molecule has 1 aromatic heterocycles. The molecule has 0 saturated carbocycles. The fourth-order valence-corrected chi connectivity index (χ4v) is 6.12. The highest BCUT2D eigenvalue weighted by atomic mass is 32.1. The second kappa shape index (κ2) is 5.20. The van der Waals surface area contributed by atoms with Gasteiger partial charge in [-0.2, -0.15) is 0 Å². The van der Waals surface area contributed by atoms with Crippen LogP contribution in [0.2, 0.25) is 0 Å². The van der Waals surface area contributed by atoms with Crippen molar-refractivity contribution in [3.05, 3.63) is 99.7 Å². The molecule has 0 saturated heterocycles. The number of fused-ring (bicyclic) bond motifs is 10. The zero-order valence-electron chi connectivity index (χ0n) is 14.4. The third kappa shape index (κ3) is 1.73. The third-order valence-electron chi connectivity index (χ3n) is 5.99. The molecule has 2 aliphatic carbocycles. The van der Waals surface area contributed by atoms with Crippen LogP contribution in [-0.2, 0) is 5.41 Å². The summed E-state index contributed by atoms with van der Waals surface area (Å²) in [7, 11) is -1.48. The molecule has 1 unspecified atom stereocenters. The first kappa shape index (κ1) is 15.4. The smallest absolute Gasteiger partial charge is 0.423 e. The van der Waals surface area contributed by atoms with Gasteiger partial charge in [0.2, 0.25) is 0 Å². The van der Waals surface area contributed by atoms with Crippen LogP contribution in [0.3, 0.4) is 0 Å². The molecule has 2 N–H and O–H groups in total. The summed E-state index contributed by atoms with van der Waals surface area (Å²) < 4.78 is 0. The van der Waals surface area contributed by atoms with E-state index in [9.17, 15) is 10.0 Å². The Balaban J connectivity index is 1.82. The van der Waals surface area contributed by atoms with Gasteiger partial charge in [0.15, 0.2) is 0 Å². The highest BCUT2D eigenvalue weighted by Crippen LogP contribution is 2.63. The van der Waals surface area contributed by atoms with E-state index in [-0.39, 0.29) is 5.41 Å². The molecule has 0 radical (unpaired) electrons. The minimum Gasteiger partial charge on any atom is -0.423 e. The van der Waals surface area contributed by atoms with E-state index in [2.05, 4.69) is 60.0 Å². The van der Waals surface area contributed by atoms with E-state index in [1.165, 1.54) is 38.3 Å². The van der Waals surface area contributed by atoms with E-state index in [1.807, 2.05) is 18.2 Å². The van der Waals surface area contributed by atoms with E-state index in [0.717, 1.165) is 5.56 Å². The molecule has 1 heterocycles. The maximum absolute atomic E-state index is 9.81. The zero-order chi connectivity index (χ0) is 18.2. The van der Waals surface area contributed by atoms with Crippen LogP contribution in [0.5, 0.6) is 0 Å². The average molecular weight is 366 g/mol. The van der Waals surface area contributed by atoms with Crippen molar-refractivity contribution < 1.29 is 10.0 Å². The third-order valence-corrected chi connectivity index (χ3v) is 7.03. The lowest BCUT2D eigenvalue weighted by Gasteiger charge is -2.29. The minimum atomic E-state index is -1.48. The lowest BCUT2D eigenvalue weighted by atomic mass is 9.71. The maximum Gasteiger partial charge on any atom is 0.488 e. The molecule has 2 aliphatic rings. The fourth-order valence-electron chi connectivity index (χ4n) is 4.97. The second-order valence-corrected chi connectivity index (χ2v) is 8.10. The summed E-state index contributed by atoms with van der Waals surface area (Å²) in [5, 5.41) is 21.8. The predicted molar refractivity (Wildman–Crippen MR) is 110 cm³/mol. The molecule has 0 amide bonds. The summed E-state index contributed by atoms with van der Waals surface area (Å²) in [5.74, 6) is 0. The molecule has 4 aromatic rings. The Morgan fingerprint density at radius 3 is 2.00 bits per heavy atom. The Hall–Kier alpha value is -2.66. The van der Waals surface area contributed by atoms with Crippen molar-refractivity contribution in [3.8, 4) is 22.3 Å². The average Bonchev–Trinajstić information content (AvgIpc) is 3.36. The Kier molecular flexibility index (Phi) is 2.97. The van der Waals surface area contributed by atoms with Crippen molar-refractivity contribution in [3.63, 3.8) is 0 Å². The van der Waals surface area contributed by atoms with Crippen molar-refractivity contribution in [1.29, 1.82) is 0 Å². The van der Waals surface area contributed by atoms with E-state index in [0.29, 0.717) is 5.46 Å². The Morgan fingerprint density at radius 1 is 0.667 bits per heavy atom. The Morgan fingerprint density at radius 2 is 1.30 bits per heavy atom. The van der Waals surface area contributed by atoms with Gasteiger partial charge in [0.05, 0.1) is 5.41 Å². The predicted octanol–water partition coefficient (Wildman–Crippen LogP) is 3.77.